The van der Waals surface area contributed by atoms with Gasteiger partial charge in [0.25, 0.3) is 0 Å². The lowest BCUT2D eigenvalue weighted by atomic mass is 10.2. The Morgan fingerprint density at radius 1 is 1.60 bits per heavy atom. The zero-order valence-corrected chi connectivity index (χ0v) is 10.3. The van der Waals surface area contributed by atoms with Crippen molar-refractivity contribution in [3.8, 4) is 0 Å². The van der Waals surface area contributed by atoms with E-state index in [2.05, 4.69) is 11.6 Å². The third-order valence-corrected chi connectivity index (χ3v) is 2.49. The molecule has 0 amide bonds. The summed E-state index contributed by atoms with van der Waals surface area (Å²) in [5.41, 5.74) is 0. The summed E-state index contributed by atoms with van der Waals surface area (Å²) in [4.78, 5) is 11.0. The van der Waals surface area contributed by atoms with Gasteiger partial charge in [0.1, 0.15) is 0 Å². The van der Waals surface area contributed by atoms with Crippen molar-refractivity contribution in [3.05, 3.63) is 0 Å². The number of carbonyl (C=O) groups is 1. The first-order chi connectivity index (χ1) is 7.20. The minimum absolute atomic E-state index is 0.0728. The summed E-state index contributed by atoms with van der Waals surface area (Å²) in [6.45, 7) is 3.45. The molecular formula is C10H21NO3S. The molecule has 1 unspecified atom stereocenters. The van der Waals surface area contributed by atoms with E-state index in [-0.39, 0.29) is 12.4 Å². The Hall–Kier alpha value is -0.260. The molecule has 0 rings (SSSR count). The van der Waals surface area contributed by atoms with Gasteiger partial charge in [-0.05, 0) is 31.9 Å². The quantitative estimate of drug-likeness (QED) is 0.454. The Morgan fingerprint density at radius 2 is 2.33 bits per heavy atom. The van der Waals surface area contributed by atoms with E-state index in [1.807, 2.05) is 0 Å². The standard InChI is InChI=1S/C10H21NO3S/c1-3-14-10(13)7-9(12)8-11-5-4-6-15-2/h9,11-12H,3-8H2,1-2H3. The van der Waals surface area contributed by atoms with E-state index in [4.69, 9.17) is 4.74 Å². The lowest BCUT2D eigenvalue weighted by molar-refractivity contribution is -0.145. The molecule has 0 heterocycles. The minimum Gasteiger partial charge on any atom is -0.466 e. The zero-order valence-electron chi connectivity index (χ0n) is 9.49. The van der Waals surface area contributed by atoms with Crippen LogP contribution in [0.5, 0.6) is 0 Å². The fraction of sp³-hybridized carbons (Fsp3) is 0.900. The van der Waals surface area contributed by atoms with Gasteiger partial charge in [-0.2, -0.15) is 11.8 Å². The van der Waals surface area contributed by atoms with Crippen LogP contribution in [0, 0.1) is 0 Å². The van der Waals surface area contributed by atoms with Gasteiger partial charge in [0.15, 0.2) is 0 Å². The van der Waals surface area contributed by atoms with Crippen molar-refractivity contribution in [2.24, 2.45) is 0 Å². The minimum atomic E-state index is -0.640. The molecule has 0 aliphatic rings. The van der Waals surface area contributed by atoms with Gasteiger partial charge >= 0.3 is 5.97 Å². The van der Waals surface area contributed by atoms with Gasteiger partial charge in [0.2, 0.25) is 0 Å². The van der Waals surface area contributed by atoms with Crippen LogP contribution in [-0.4, -0.2) is 48.9 Å². The number of rotatable bonds is 9. The van der Waals surface area contributed by atoms with Crippen molar-refractivity contribution in [1.29, 1.82) is 0 Å². The van der Waals surface area contributed by atoms with Crippen molar-refractivity contribution in [3.63, 3.8) is 0 Å². The molecule has 0 spiro atoms. The number of aliphatic hydroxyl groups excluding tert-OH is 1. The molecule has 0 aromatic rings. The third-order valence-electron chi connectivity index (χ3n) is 1.79. The summed E-state index contributed by atoms with van der Waals surface area (Å²) in [7, 11) is 0. The fourth-order valence-electron chi connectivity index (χ4n) is 1.09. The van der Waals surface area contributed by atoms with Crippen molar-refractivity contribution in [1.82, 2.24) is 5.32 Å². The van der Waals surface area contributed by atoms with Crippen LogP contribution in [0.15, 0.2) is 0 Å². The lowest BCUT2D eigenvalue weighted by Gasteiger charge is -2.10. The van der Waals surface area contributed by atoms with E-state index >= 15 is 0 Å². The molecule has 5 heteroatoms. The highest BCUT2D eigenvalue weighted by molar-refractivity contribution is 7.98. The van der Waals surface area contributed by atoms with Crippen LogP contribution in [-0.2, 0) is 9.53 Å². The van der Waals surface area contributed by atoms with Crippen LogP contribution in [0.25, 0.3) is 0 Å². The maximum Gasteiger partial charge on any atom is 0.308 e. The van der Waals surface area contributed by atoms with Crippen LogP contribution in [0.2, 0.25) is 0 Å². The highest BCUT2D eigenvalue weighted by Crippen LogP contribution is 1.95. The first-order valence-corrected chi connectivity index (χ1v) is 6.63. The third kappa shape index (κ3) is 10.0. The molecule has 0 aromatic heterocycles. The first-order valence-electron chi connectivity index (χ1n) is 5.24. The van der Waals surface area contributed by atoms with E-state index in [1.54, 1.807) is 18.7 Å². The van der Waals surface area contributed by atoms with Gasteiger partial charge in [0, 0.05) is 6.54 Å². The molecular weight excluding hydrogens is 214 g/mol. The highest BCUT2D eigenvalue weighted by atomic mass is 32.2. The molecule has 90 valence electrons. The number of hydrogen-bond acceptors (Lipinski definition) is 5. The highest BCUT2D eigenvalue weighted by Gasteiger charge is 2.10. The van der Waals surface area contributed by atoms with Gasteiger partial charge < -0.3 is 15.2 Å². The molecule has 4 nitrogen and oxygen atoms in total. The van der Waals surface area contributed by atoms with Gasteiger partial charge in [-0.15, -0.1) is 0 Å². The molecule has 0 aliphatic heterocycles. The predicted molar refractivity (Wildman–Crippen MR) is 63.1 cm³/mol. The summed E-state index contributed by atoms with van der Waals surface area (Å²) in [5, 5.41) is 12.5. The lowest BCUT2D eigenvalue weighted by Crippen LogP contribution is -2.30. The summed E-state index contributed by atoms with van der Waals surface area (Å²) in [6, 6.07) is 0. The first kappa shape index (κ1) is 14.7. The number of aliphatic hydroxyl groups is 1. The maximum absolute atomic E-state index is 11.0. The van der Waals surface area contributed by atoms with Crippen molar-refractivity contribution in [2.45, 2.75) is 25.9 Å². The molecule has 0 saturated carbocycles. The number of carbonyl (C=O) groups excluding carboxylic acids is 1. The van der Waals surface area contributed by atoms with Crippen molar-refractivity contribution >= 4 is 17.7 Å². The van der Waals surface area contributed by atoms with Crippen LogP contribution in [0.1, 0.15) is 19.8 Å². The van der Waals surface area contributed by atoms with E-state index < -0.39 is 6.10 Å². The van der Waals surface area contributed by atoms with Gasteiger partial charge in [0.05, 0.1) is 19.1 Å². The van der Waals surface area contributed by atoms with E-state index in [1.165, 1.54) is 0 Å². The molecule has 0 aliphatic carbocycles. The van der Waals surface area contributed by atoms with Crippen LogP contribution in [0.4, 0.5) is 0 Å². The van der Waals surface area contributed by atoms with Gasteiger partial charge in [-0.1, -0.05) is 0 Å². The number of nitrogens with one attached hydrogen (secondary N) is 1. The second kappa shape index (κ2) is 10.3. The second-order valence-corrected chi connectivity index (χ2v) is 4.20. The van der Waals surface area contributed by atoms with Crippen LogP contribution < -0.4 is 5.32 Å². The largest absolute Gasteiger partial charge is 0.466 e. The van der Waals surface area contributed by atoms with Crippen LogP contribution in [0.3, 0.4) is 0 Å². The number of hydrogen-bond donors (Lipinski definition) is 2. The number of ether oxygens (including phenoxy) is 1. The molecule has 2 N–H and O–H groups in total. The monoisotopic (exact) mass is 235 g/mol. The van der Waals surface area contributed by atoms with E-state index in [9.17, 15) is 9.90 Å². The normalized spacial score (nSPS) is 12.5. The molecule has 0 bridgehead atoms. The molecule has 0 saturated heterocycles. The fourth-order valence-corrected chi connectivity index (χ4v) is 1.53. The second-order valence-electron chi connectivity index (χ2n) is 3.21. The average Bonchev–Trinajstić information content (AvgIpc) is 2.17. The number of thioether (sulfide) groups is 1. The topological polar surface area (TPSA) is 58.6 Å². The van der Waals surface area contributed by atoms with E-state index in [0.29, 0.717) is 13.2 Å². The van der Waals surface area contributed by atoms with E-state index in [0.717, 1.165) is 18.7 Å². The predicted octanol–water partition coefficient (Wildman–Crippen LogP) is 0.643. The Labute approximate surface area is 95.8 Å². The molecule has 0 radical (unpaired) electrons. The number of esters is 1. The van der Waals surface area contributed by atoms with Crippen molar-refractivity contribution < 1.29 is 14.6 Å². The molecule has 0 fully saturated rings. The zero-order chi connectivity index (χ0) is 11.5. The maximum atomic E-state index is 11.0. The smallest absolute Gasteiger partial charge is 0.308 e. The van der Waals surface area contributed by atoms with Crippen molar-refractivity contribution in [2.75, 3.05) is 31.7 Å². The Balaban J connectivity index is 3.32. The summed E-state index contributed by atoms with van der Waals surface area (Å²) in [5.74, 6) is 0.775. The molecule has 0 aromatic carbocycles. The Morgan fingerprint density at radius 3 is 2.93 bits per heavy atom. The van der Waals surface area contributed by atoms with Gasteiger partial charge in [-0.3, -0.25) is 4.79 Å². The molecule has 1 atom stereocenters. The summed E-state index contributed by atoms with van der Waals surface area (Å²) >= 11 is 1.80. The molecule has 15 heavy (non-hydrogen) atoms. The van der Waals surface area contributed by atoms with Crippen LogP contribution >= 0.6 is 11.8 Å². The summed E-state index contributed by atoms with van der Waals surface area (Å²) < 4.78 is 4.73. The Bertz CT molecular complexity index is 167. The van der Waals surface area contributed by atoms with Gasteiger partial charge in [-0.25, -0.2) is 0 Å². The summed E-state index contributed by atoms with van der Waals surface area (Å²) in [6.07, 6.45) is 2.57. The Kier molecular flexibility index (Phi) is 10.1. The average molecular weight is 235 g/mol. The SMILES string of the molecule is CCOC(=O)CC(O)CNCCCSC.